The van der Waals surface area contributed by atoms with E-state index in [0.29, 0.717) is 0 Å². The van der Waals surface area contributed by atoms with Gasteiger partial charge in [0, 0.05) is 36.4 Å². The molecular weight excluding hydrogens is 465 g/mol. The number of halogens is 2. The largest absolute Gasteiger partial charge is 0.325 e. The molecule has 0 bridgehead atoms. The number of carbonyl (C=O) groups excluding carboxylic acids is 1. The number of carbonyl (C=O) groups is 1. The average molecular weight is 484 g/mol. The van der Waals surface area contributed by atoms with Crippen LogP contribution in [0.2, 0.25) is 5.02 Å². The monoisotopic (exact) mass is 483 g/mol. The zero-order valence-corrected chi connectivity index (χ0v) is 18.9. The van der Waals surface area contributed by atoms with Crippen molar-refractivity contribution in [1.82, 2.24) is 18.8 Å². The van der Waals surface area contributed by atoms with E-state index < -0.39 is 34.0 Å². The van der Waals surface area contributed by atoms with Crippen molar-refractivity contribution < 1.29 is 17.6 Å². The molecule has 12 heteroatoms. The van der Waals surface area contributed by atoms with E-state index in [1.165, 1.54) is 30.5 Å². The zero-order chi connectivity index (χ0) is 22.3. The highest BCUT2D eigenvalue weighted by Crippen LogP contribution is 2.35. The van der Waals surface area contributed by atoms with Crippen molar-refractivity contribution in [3.05, 3.63) is 57.8 Å². The van der Waals surface area contributed by atoms with Crippen molar-refractivity contribution >= 4 is 44.7 Å². The molecule has 1 saturated heterocycles. The molecule has 1 aliphatic rings. The summed E-state index contributed by atoms with van der Waals surface area (Å²) in [6.45, 7) is 0. The molecule has 0 spiro atoms. The highest BCUT2D eigenvalue weighted by atomic mass is 35.5. The second-order valence-electron chi connectivity index (χ2n) is 7.20. The van der Waals surface area contributed by atoms with E-state index in [0.717, 1.165) is 26.4 Å². The van der Waals surface area contributed by atoms with Crippen molar-refractivity contribution in [2.24, 2.45) is 7.05 Å². The van der Waals surface area contributed by atoms with Crippen molar-refractivity contribution in [2.75, 3.05) is 12.4 Å². The minimum absolute atomic E-state index is 0.136. The van der Waals surface area contributed by atoms with Crippen LogP contribution in [0.4, 0.5) is 10.1 Å². The summed E-state index contributed by atoms with van der Waals surface area (Å²) in [7, 11) is -0.723. The first-order chi connectivity index (χ1) is 14.6. The van der Waals surface area contributed by atoms with Crippen LogP contribution in [0.1, 0.15) is 17.3 Å². The van der Waals surface area contributed by atoms with Crippen LogP contribution in [0.25, 0.3) is 11.1 Å². The third kappa shape index (κ3) is 4.51. The first kappa shape index (κ1) is 21.9. The number of anilines is 1. The lowest BCUT2D eigenvalue weighted by atomic mass is 10.0. The number of hydrogen-bond acceptors (Lipinski definition) is 5. The summed E-state index contributed by atoms with van der Waals surface area (Å²) in [5, 5.41) is 8.56. The molecule has 4 rings (SSSR count). The lowest BCUT2D eigenvalue weighted by molar-refractivity contribution is -0.120. The van der Waals surface area contributed by atoms with E-state index in [9.17, 15) is 17.6 Å². The lowest BCUT2D eigenvalue weighted by Gasteiger charge is -2.35. The van der Waals surface area contributed by atoms with Gasteiger partial charge in [-0.2, -0.15) is 22.5 Å². The Bertz CT molecular complexity index is 1240. The van der Waals surface area contributed by atoms with Crippen molar-refractivity contribution in [3.8, 4) is 11.1 Å². The molecule has 1 unspecified atom stereocenters. The number of likely N-dealkylation sites (N-methyl/N-ethyl adjacent to an activating group) is 1. The minimum Gasteiger partial charge on any atom is -0.325 e. The summed E-state index contributed by atoms with van der Waals surface area (Å²) in [5.41, 5.74) is 2.13. The quantitative estimate of drug-likeness (QED) is 0.595. The number of aryl methyl sites for hydroxylation is 1. The van der Waals surface area contributed by atoms with Gasteiger partial charge in [-0.15, -0.1) is 11.3 Å². The molecular formula is C19H19ClFN5O3S2. The second-order valence-corrected chi connectivity index (χ2v) is 10.3. The first-order valence-corrected chi connectivity index (χ1v) is 11.9. The predicted octanol–water partition coefficient (Wildman–Crippen LogP) is 3.16. The van der Waals surface area contributed by atoms with Gasteiger partial charge in [0.2, 0.25) is 5.91 Å². The minimum atomic E-state index is -3.88. The van der Waals surface area contributed by atoms with E-state index in [1.54, 1.807) is 10.9 Å². The number of rotatable bonds is 4. The maximum absolute atomic E-state index is 13.4. The Labute approximate surface area is 187 Å². The fourth-order valence-electron chi connectivity index (χ4n) is 3.35. The molecule has 1 fully saturated rings. The molecule has 1 amide bonds. The predicted molar refractivity (Wildman–Crippen MR) is 118 cm³/mol. The van der Waals surface area contributed by atoms with Gasteiger partial charge in [0.1, 0.15) is 11.9 Å². The van der Waals surface area contributed by atoms with Crippen LogP contribution in [-0.4, -0.2) is 41.5 Å². The molecule has 8 nitrogen and oxygen atoms in total. The molecule has 164 valence electrons. The van der Waals surface area contributed by atoms with E-state index in [4.69, 9.17) is 11.6 Å². The third-order valence-electron chi connectivity index (χ3n) is 5.06. The van der Waals surface area contributed by atoms with Gasteiger partial charge in [-0.25, -0.2) is 4.39 Å². The molecule has 3 heterocycles. The molecule has 0 saturated carbocycles. The topological polar surface area (TPSA) is 96.3 Å². The zero-order valence-electron chi connectivity index (χ0n) is 16.5. The van der Waals surface area contributed by atoms with E-state index in [-0.39, 0.29) is 17.1 Å². The van der Waals surface area contributed by atoms with Gasteiger partial charge in [0.05, 0.1) is 17.3 Å². The lowest BCUT2D eigenvalue weighted by Crippen LogP contribution is -2.55. The fraction of sp³-hybridized carbons (Fsp3) is 0.263. The molecule has 1 aromatic carbocycles. The van der Waals surface area contributed by atoms with Gasteiger partial charge in [-0.1, -0.05) is 11.6 Å². The number of nitrogens with one attached hydrogen (secondary N) is 2. The van der Waals surface area contributed by atoms with Gasteiger partial charge in [-0.05, 0) is 41.6 Å². The molecule has 2 atom stereocenters. The van der Waals surface area contributed by atoms with Gasteiger partial charge in [0.15, 0.2) is 0 Å². The normalized spacial score (nSPS) is 21.2. The number of nitrogens with zero attached hydrogens (tertiary/aromatic N) is 3. The van der Waals surface area contributed by atoms with Crippen LogP contribution in [0.15, 0.2) is 42.0 Å². The average Bonchev–Trinajstić information content (AvgIpc) is 3.35. The SMILES string of the molecule is CN1[C@H](C(=O)Nc2ccc(F)c(Cl)c2)CC(c2cc(-c3cnn(C)c3)cs2)NS1(=O)=O. The number of thiophene rings is 1. The van der Waals surface area contributed by atoms with E-state index in [1.807, 2.05) is 24.7 Å². The summed E-state index contributed by atoms with van der Waals surface area (Å²) in [5.74, 6) is -1.13. The third-order valence-corrected chi connectivity index (χ3v) is 7.99. The van der Waals surface area contributed by atoms with Crippen molar-refractivity contribution in [1.29, 1.82) is 0 Å². The molecule has 0 radical (unpaired) electrons. The van der Waals surface area contributed by atoms with Crippen LogP contribution in [-0.2, 0) is 22.1 Å². The van der Waals surface area contributed by atoms with Crippen molar-refractivity contribution in [2.45, 2.75) is 18.5 Å². The van der Waals surface area contributed by atoms with Gasteiger partial charge < -0.3 is 5.32 Å². The Hall–Kier alpha value is -2.31. The Morgan fingerprint density at radius 3 is 2.77 bits per heavy atom. The molecule has 2 N–H and O–H groups in total. The van der Waals surface area contributed by atoms with E-state index in [2.05, 4.69) is 15.1 Å². The standard InChI is InChI=1S/C19H19ClFN5O3S2/c1-25-9-12(8-22-25)11-5-18(30-10-11)16-7-17(26(2)31(28,29)24-16)19(27)23-13-3-4-15(21)14(20)6-13/h3-6,8-10,16-17,24H,7H2,1-2H3,(H,23,27)/t16?,17-/m0/s1. The maximum Gasteiger partial charge on any atom is 0.280 e. The van der Waals surface area contributed by atoms with Gasteiger partial charge in [-0.3, -0.25) is 9.48 Å². The van der Waals surface area contributed by atoms with E-state index >= 15 is 0 Å². The summed E-state index contributed by atoms with van der Waals surface area (Å²) in [6, 6.07) is 4.16. The molecule has 3 aromatic rings. The van der Waals surface area contributed by atoms with Crippen LogP contribution >= 0.6 is 22.9 Å². The maximum atomic E-state index is 13.4. The Morgan fingerprint density at radius 2 is 2.10 bits per heavy atom. The van der Waals surface area contributed by atoms with Crippen molar-refractivity contribution in [3.63, 3.8) is 0 Å². The van der Waals surface area contributed by atoms with Crippen LogP contribution < -0.4 is 10.0 Å². The Morgan fingerprint density at radius 1 is 1.32 bits per heavy atom. The Balaban J connectivity index is 1.57. The summed E-state index contributed by atoms with van der Waals surface area (Å²) in [6.07, 6.45) is 3.83. The second kappa shape index (κ2) is 8.32. The smallest absolute Gasteiger partial charge is 0.280 e. The fourth-order valence-corrected chi connectivity index (χ4v) is 5.86. The summed E-state index contributed by atoms with van der Waals surface area (Å²) >= 11 is 7.18. The number of amides is 1. The molecule has 31 heavy (non-hydrogen) atoms. The number of aromatic nitrogens is 2. The number of hydrogen-bond donors (Lipinski definition) is 2. The summed E-state index contributed by atoms with van der Waals surface area (Å²) in [4.78, 5) is 13.7. The Kier molecular flexibility index (Phi) is 5.88. The first-order valence-electron chi connectivity index (χ1n) is 9.22. The van der Waals surface area contributed by atoms with Crippen LogP contribution in [0.3, 0.4) is 0 Å². The number of benzene rings is 1. The highest BCUT2D eigenvalue weighted by Gasteiger charge is 2.41. The molecule has 0 aliphatic carbocycles. The van der Waals surface area contributed by atoms with Gasteiger partial charge >= 0.3 is 0 Å². The highest BCUT2D eigenvalue weighted by molar-refractivity contribution is 7.87. The molecule has 1 aliphatic heterocycles. The van der Waals surface area contributed by atoms with Crippen LogP contribution in [0.5, 0.6) is 0 Å². The summed E-state index contributed by atoms with van der Waals surface area (Å²) < 4.78 is 44.0. The molecule has 2 aromatic heterocycles. The van der Waals surface area contributed by atoms with Gasteiger partial charge in [0.25, 0.3) is 10.2 Å². The van der Waals surface area contributed by atoms with Crippen LogP contribution in [0, 0.1) is 5.82 Å².